The van der Waals surface area contributed by atoms with E-state index in [0.717, 1.165) is 0 Å². The first-order chi connectivity index (χ1) is 9.12. The summed E-state index contributed by atoms with van der Waals surface area (Å²) >= 11 is 0. The monoisotopic (exact) mass is 296 g/mol. The lowest BCUT2D eigenvalue weighted by molar-refractivity contribution is -0.180. The summed E-state index contributed by atoms with van der Waals surface area (Å²) in [7, 11) is -1.61. The van der Waals surface area contributed by atoms with Gasteiger partial charge in [0.2, 0.25) is 6.29 Å². The van der Waals surface area contributed by atoms with Gasteiger partial charge >= 0.3 is 11.9 Å². The number of carbonyl (C=O) groups excluding carboxylic acids is 2. The van der Waals surface area contributed by atoms with E-state index in [2.05, 4.69) is 31.1 Å². The van der Waals surface area contributed by atoms with Crippen LogP contribution < -0.4 is 0 Å². The number of ether oxygens (including phenoxy) is 3. The van der Waals surface area contributed by atoms with Gasteiger partial charge in [-0.3, -0.25) is 9.59 Å². The zero-order valence-corrected chi connectivity index (χ0v) is 13.5. The Morgan fingerprint density at radius 3 is 2.45 bits per heavy atom. The molecular weight excluding hydrogens is 276 g/mol. The summed E-state index contributed by atoms with van der Waals surface area (Å²) in [6.45, 7) is 8.90. The third-order valence-corrected chi connectivity index (χ3v) is 3.15. The smallest absolute Gasteiger partial charge is 0.305 e. The molecule has 0 radical (unpaired) electrons. The second kappa shape index (κ2) is 6.24. The van der Waals surface area contributed by atoms with Gasteiger partial charge in [-0.05, 0) is 12.2 Å². The molecule has 0 spiro atoms. The van der Waals surface area contributed by atoms with Gasteiger partial charge in [-0.2, -0.15) is 0 Å². The van der Waals surface area contributed by atoms with E-state index in [0.29, 0.717) is 0 Å². The third-order valence-electron chi connectivity index (χ3n) is 2.27. The number of hydrogen-bond donors (Lipinski definition) is 0. The van der Waals surface area contributed by atoms with E-state index in [9.17, 15) is 9.59 Å². The summed E-state index contributed by atoms with van der Waals surface area (Å²) < 4.78 is 15.6. The molecule has 1 rings (SSSR count). The Labute approximate surface area is 120 Å². The predicted molar refractivity (Wildman–Crippen MR) is 76.3 cm³/mol. The average molecular weight is 296 g/mol. The van der Waals surface area contributed by atoms with Crippen LogP contribution in [-0.4, -0.2) is 38.5 Å². The molecule has 6 heteroatoms. The minimum atomic E-state index is -1.61. The maximum Gasteiger partial charge on any atom is 0.305 e. The standard InChI is InChI=1S/C14H20O5Si/c1-11(15)17-10-14(8-9-20(3,4)5)7-6-13(19-14)18-12(2)16/h6-7,13H,10H2,1-5H3/t13?,14-/m0/s1. The van der Waals surface area contributed by atoms with Crippen LogP contribution in [0.2, 0.25) is 19.6 Å². The lowest BCUT2D eigenvalue weighted by atomic mass is 10.1. The summed E-state index contributed by atoms with van der Waals surface area (Å²) in [4.78, 5) is 21.9. The fraction of sp³-hybridized carbons (Fsp3) is 0.571. The SMILES string of the molecule is CC(=O)OC[C@@]1(C#C[Si](C)(C)C)C=CC(OC(C)=O)O1. The van der Waals surface area contributed by atoms with E-state index in [1.165, 1.54) is 13.8 Å². The number of hydrogen-bond acceptors (Lipinski definition) is 5. The molecule has 1 heterocycles. The van der Waals surface area contributed by atoms with Crippen LogP contribution in [-0.2, 0) is 23.8 Å². The summed E-state index contributed by atoms with van der Waals surface area (Å²) in [5, 5.41) is 0. The van der Waals surface area contributed by atoms with Crippen LogP contribution in [0.25, 0.3) is 0 Å². The van der Waals surface area contributed by atoms with Gasteiger partial charge in [0.25, 0.3) is 0 Å². The van der Waals surface area contributed by atoms with E-state index in [-0.39, 0.29) is 6.61 Å². The molecule has 2 atom stereocenters. The van der Waals surface area contributed by atoms with Crippen LogP contribution in [0.4, 0.5) is 0 Å². The molecule has 1 unspecified atom stereocenters. The molecule has 110 valence electrons. The van der Waals surface area contributed by atoms with Crippen molar-refractivity contribution in [2.24, 2.45) is 0 Å². The van der Waals surface area contributed by atoms with Crippen LogP contribution in [0.5, 0.6) is 0 Å². The lowest BCUT2D eigenvalue weighted by Crippen LogP contribution is -2.36. The second-order valence-electron chi connectivity index (χ2n) is 5.62. The zero-order chi connectivity index (χ0) is 15.4. The first kappa shape index (κ1) is 16.5. The van der Waals surface area contributed by atoms with Gasteiger partial charge in [-0.1, -0.05) is 25.6 Å². The minimum absolute atomic E-state index is 0.0198. The van der Waals surface area contributed by atoms with Crippen molar-refractivity contribution in [3.63, 3.8) is 0 Å². The molecule has 0 aromatic carbocycles. The fourth-order valence-electron chi connectivity index (χ4n) is 1.44. The van der Waals surface area contributed by atoms with Gasteiger partial charge in [-0.15, -0.1) is 5.54 Å². The molecule has 5 nitrogen and oxygen atoms in total. The Bertz CT molecular complexity index is 480. The fourth-order valence-corrected chi connectivity index (χ4v) is 2.02. The third kappa shape index (κ3) is 5.59. The Hall–Kier alpha value is -1.58. The second-order valence-corrected chi connectivity index (χ2v) is 10.4. The van der Waals surface area contributed by atoms with Gasteiger partial charge < -0.3 is 14.2 Å². The van der Waals surface area contributed by atoms with E-state index < -0.39 is 31.9 Å². The number of rotatable bonds is 3. The van der Waals surface area contributed by atoms with Crippen LogP contribution in [0.15, 0.2) is 12.2 Å². The number of carbonyl (C=O) groups is 2. The summed E-state index contributed by atoms with van der Waals surface area (Å²) in [6.07, 6.45) is 2.49. The quantitative estimate of drug-likeness (QED) is 0.343. The Morgan fingerprint density at radius 2 is 1.95 bits per heavy atom. The summed E-state index contributed by atoms with van der Waals surface area (Å²) in [6, 6.07) is 0. The van der Waals surface area contributed by atoms with E-state index in [1.807, 2.05) is 0 Å². The van der Waals surface area contributed by atoms with Crippen molar-refractivity contribution in [2.75, 3.05) is 6.61 Å². The van der Waals surface area contributed by atoms with Gasteiger partial charge in [0.05, 0.1) is 0 Å². The summed E-state index contributed by atoms with van der Waals surface area (Å²) in [5.74, 6) is 2.17. The molecule has 1 aliphatic heterocycles. The molecule has 0 saturated heterocycles. The predicted octanol–water partition coefficient (Wildman–Crippen LogP) is 1.64. The van der Waals surface area contributed by atoms with Gasteiger partial charge in [0, 0.05) is 13.8 Å². The van der Waals surface area contributed by atoms with Crippen molar-refractivity contribution < 1.29 is 23.8 Å². The van der Waals surface area contributed by atoms with Crippen molar-refractivity contribution >= 4 is 20.0 Å². The topological polar surface area (TPSA) is 61.8 Å². The van der Waals surface area contributed by atoms with E-state index in [1.54, 1.807) is 12.2 Å². The highest BCUT2D eigenvalue weighted by Gasteiger charge is 2.37. The highest BCUT2D eigenvalue weighted by Crippen LogP contribution is 2.25. The van der Waals surface area contributed by atoms with Crippen molar-refractivity contribution in [1.82, 2.24) is 0 Å². The molecule has 0 bridgehead atoms. The average Bonchev–Trinajstić information content (AvgIpc) is 2.66. The maximum absolute atomic E-state index is 11.0. The van der Waals surface area contributed by atoms with Crippen molar-refractivity contribution in [1.29, 1.82) is 0 Å². The highest BCUT2D eigenvalue weighted by atomic mass is 28.3. The van der Waals surface area contributed by atoms with Crippen molar-refractivity contribution in [2.45, 2.75) is 45.4 Å². The first-order valence-electron chi connectivity index (χ1n) is 6.34. The largest absolute Gasteiger partial charge is 0.461 e. The highest BCUT2D eigenvalue weighted by molar-refractivity contribution is 6.83. The zero-order valence-electron chi connectivity index (χ0n) is 12.5. The Balaban J connectivity index is 2.87. The van der Waals surface area contributed by atoms with Crippen LogP contribution in [0, 0.1) is 11.5 Å². The number of esters is 2. The maximum atomic E-state index is 11.0. The van der Waals surface area contributed by atoms with Gasteiger partial charge in [0.15, 0.2) is 5.60 Å². The summed E-state index contributed by atoms with van der Waals surface area (Å²) in [5.41, 5.74) is 2.15. The van der Waals surface area contributed by atoms with Crippen molar-refractivity contribution in [3.8, 4) is 11.5 Å². The molecule has 1 aliphatic rings. The van der Waals surface area contributed by atoms with Gasteiger partial charge in [-0.25, -0.2) is 0 Å². The van der Waals surface area contributed by atoms with E-state index >= 15 is 0 Å². The molecular formula is C14H20O5Si. The molecule has 0 aromatic rings. The van der Waals surface area contributed by atoms with E-state index in [4.69, 9.17) is 14.2 Å². The van der Waals surface area contributed by atoms with Crippen molar-refractivity contribution in [3.05, 3.63) is 12.2 Å². The molecule has 0 aliphatic carbocycles. The Morgan fingerprint density at radius 1 is 1.30 bits per heavy atom. The lowest BCUT2D eigenvalue weighted by Gasteiger charge is -2.23. The molecule has 0 aromatic heterocycles. The first-order valence-corrected chi connectivity index (χ1v) is 9.84. The van der Waals surface area contributed by atoms with Gasteiger partial charge in [0.1, 0.15) is 14.7 Å². The minimum Gasteiger partial charge on any atom is -0.461 e. The van der Waals surface area contributed by atoms with Crippen LogP contribution in [0.3, 0.4) is 0 Å². The molecule has 0 saturated carbocycles. The van der Waals surface area contributed by atoms with Crippen LogP contribution >= 0.6 is 0 Å². The Kier molecular flexibility index (Phi) is 5.14. The molecule has 20 heavy (non-hydrogen) atoms. The normalized spacial score (nSPS) is 24.8. The van der Waals surface area contributed by atoms with Crippen LogP contribution in [0.1, 0.15) is 13.8 Å². The molecule has 0 N–H and O–H groups in total. The molecule has 0 amide bonds. The molecule has 0 fully saturated rings.